The number of anilines is 1. The van der Waals surface area contributed by atoms with Gasteiger partial charge < -0.3 is 5.32 Å². The number of nitrogens with zero attached hydrogens (tertiary/aromatic N) is 1. The summed E-state index contributed by atoms with van der Waals surface area (Å²) < 4.78 is 25.2. The minimum atomic E-state index is -3.79. The van der Waals surface area contributed by atoms with Crippen LogP contribution in [0.5, 0.6) is 0 Å². The Hall–Kier alpha value is -3.00. The molecule has 0 fully saturated rings. The zero-order chi connectivity index (χ0) is 19.4. The summed E-state index contributed by atoms with van der Waals surface area (Å²) in [4.78, 5) is 22.2. The van der Waals surface area contributed by atoms with Crippen LogP contribution in [0.4, 0.5) is 11.4 Å². The number of nitro benzene ring substituents is 1. The number of benzene rings is 2. The van der Waals surface area contributed by atoms with Crippen LogP contribution in [-0.4, -0.2) is 19.2 Å². The number of allylic oxidation sites excluding steroid dienone is 2. The molecular weight excluding hydrogens is 368 g/mol. The highest BCUT2D eigenvalue weighted by Gasteiger charge is 2.19. The first-order valence-corrected chi connectivity index (χ1v) is 9.91. The van der Waals surface area contributed by atoms with Crippen molar-refractivity contribution in [2.75, 3.05) is 5.32 Å². The van der Waals surface area contributed by atoms with Gasteiger partial charge in [0.25, 0.3) is 5.69 Å². The van der Waals surface area contributed by atoms with Gasteiger partial charge in [0.1, 0.15) is 0 Å². The summed E-state index contributed by atoms with van der Waals surface area (Å²) >= 11 is 0. The van der Waals surface area contributed by atoms with Crippen LogP contribution in [0.2, 0.25) is 0 Å². The van der Waals surface area contributed by atoms with E-state index in [1.165, 1.54) is 36.4 Å². The molecule has 0 radical (unpaired) electrons. The summed E-state index contributed by atoms with van der Waals surface area (Å²) in [5.41, 5.74) is 0.341. The molecule has 0 bridgehead atoms. The third-order valence-electron chi connectivity index (χ3n) is 4.37. The molecule has 8 heteroatoms. The zero-order valence-electron chi connectivity index (χ0n) is 14.4. The van der Waals surface area contributed by atoms with Crippen molar-refractivity contribution in [3.05, 3.63) is 70.8 Å². The van der Waals surface area contributed by atoms with Crippen molar-refractivity contribution in [1.29, 1.82) is 0 Å². The van der Waals surface area contributed by atoms with Gasteiger partial charge in [0.2, 0.25) is 15.7 Å². The highest BCUT2D eigenvalue weighted by atomic mass is 32.2. The van der Waals surface area contributed by atoms with E-state index in [-0.39, 0.29) is 27.3 Å². The summed E-state index contributed by atoms with van der Waals surface area (Å²) in [5.74, 6) is 0.143. The molecule has 1 unspecified atom stereocenters. The molecular formula is C19H18N2O5S. The lowest BCUT2D eigenvalue weighted by Gasteiger charge is -2.10. The van der Waals surface area contributed by atoms with Crippen molar-refractivity contribution < 1.29 is 18.1 Å². The van der Waals surface area contributed by atoms with Gasteiger partial charge in [-0.3, -0.25) is 14.9 Å². The molecule has 3 rings (SSSR count). The summed E-state index contributed by atoms with van der Waals surface area (Å²) in [5, 5.41) is 13.4. The van der Waals surface area contributed by atoms with Crippen molar-refractivity contribution in [2.45, 2.75) is 29.1 Å². The van der Waals surface area contributed by atoms with Gasteiger partial charge in [0.15, 0.2) is 0 Å². The normalized spacial score (nSPS) is 16.2. The van der Waals surface area contributed by atoms with E-state index in [0.29, 0.717) is 12.1 Å². The summed E-state index contributed by atoms with van der Waals surface area (Å²) in [6.07, 6.45) is 6.47. The van der Waals surface area contributed by atoms with E-state index in [2.05, 4.69) is 11.4 Å². The predicted molar refractivity (Wildman–Crippen MR) is 100 cm³/mol. The first-order chi connectivity index (χ1) is 12.9. The Morgan fingerprint density at radius 2 is 1.67 bits per heavy atom. The van der Waals surface area contributed by atoms with Gasteiger partial charge in [-0.05, 0) is 55.2 Å². The van der Waals surface area contributed by atoms with Crippen LogP contribution in [0.15, 0.2) is 70.5 Å². The quantitative estimate of drug-likeness (QED) is 0.462. The van der Waals surface area contributed by atoms with E-state index in [9.17, 15) is 23.3 Å². The average Bonchev–Trinajstić information content (AvgIpc) is 3.15. The molecule has 0 saturated carbocycles. The highest BCUT2D eigenvalue weighted by molar-refractivity contribution is 7.91. The maximum absolute atomic E-state index is 12.6. The molecule has 2 aromatic carbocycles. The smallest absolute Gasteiger partial charge is 0.269 e. The average molecular weight is 386 g/mol. The molecule has 1 N–H and O–H groups in total. The fourth-order valence-corrected chi connectivity index (χ4v) is 4.18. The molecule has 1 aliphatic carbocycles. The molecule has 0 saturated heterocycles. The van der Waals surface area contributed by atoms with E-state index < -0.39 is 14.8 Å². The molecule has 2 aromatic rings. The fraction of sp³-hybridized carbons (Fsp3) is 0.211. The second kappa shape index (κ2) is 7.71. The highest BCUT2D eigenvalue weighted by Crippen LogP contribution is 2.25. The monoisotopic (exact) mass is 386 g/mol. The number of sulfone groups is 1. The maximum Gasteiger partial charge on any atom is 0.269 e. The molecule has 0 heterocycles. The predicted octanol–water partition coefficient (Wildman–Crippen LogP) is 3.72. The first-order valence-electron chi connectivity index (χ1n) is 8.42. The molecule has 0 spiro atoms. The number of nitrogens with one attached hydrogen (secondary N) is 1. The molecule has 140 valence electrons. The van der Waals surface area contributed by atoms with Crippen LogP contribution in [-0.2, 0) is 14.6 Å². The molecule has 27 heavy (non-hydrogen) atoms. The molecule has 0 aliphatic heterocycles. The van der Waals surface area contributed by atoms with Gasteiger partial charge in [-0.25, -0.2) is 8.42 Å². The van der Waals surface area contributed by atoms with Crippen LogP contribution >= 0.6 is 0 Å². The van der Waals surface area contributed by atoms with E-state index >= 15 is 0 Å². The lowest BCUT2D eigenvalue weighted by atomic mass is 10.1. The van der Waals surface area contributed by atoms with Crippen molar-refractivity contribution in [1.82, 2.24) is 0 Å². The second-order valence-electron chi connectivity index (χ2n) is 6.30. The maximum atomic E-state index is 12.6. The number of rotatable bonds is 6. The number of non-ortho nitro benzene ring substituents is 1. The Balaban J connectivity index is 1.70. The molecule has 7 nitrogen and oxygen atoms in total. The number of carbonyl (C=O) groups is 1. The summed E-state index contributed by atoms with van der Waals surface area (Å²) in [7, 11) is -3.79. The van der Waals surface area contributed by atoms with Gasteiger partial charge in [0.05, 0.1) is 14.7 Å². The topological polar surface area (TPSA) is 106 Å². The van der Waals surface area contributed by atoms with Crippen molar-refractivity contribution in [3.63, 3.8) is 0 Å². The molecule has 1 aliphatic rings. The van der Waals surface area contributed by atoms with Crippen molar-refractivity contribution in [2.24, 2.45) is 5.92 Å². The number of amides is 1. The van der Waals surface area contributed by atoms with Gasteiger partial charge in [-0.1, -0.05) is 12.2 Å². The summed E-state index contributed by atoms with van der Waals surface area (Å²) in [6.45, 7) is 0. The van der Waals surface area contributed by atoms with Gasteiger partial charge >= 0.3 is 0 Å². The SMILES string of the molecule is O=C(CC1C=CCC1)Nc1ccc(S(=O)(=O)c2ccc([N+](=O)[O-])cc2)cc1. The molecule has 0 aromatic heterocycles. The Morgan fingerprint density at radius 3 is 2.19 bits per heavy atom. The largest absolute Gasteiger partial charge is 0.326 e. The number of nitro groups is 1. The standard InChI is InChI=1S/C19H18N2O5S/c22-19(13-14-3-1-2-4-14)20-15-5-9-17(10-6-15)27(25,26)18-11-7-16(8-12-18)21(23)24/h1,3,5-12,14H,2,4,13H2,(H,20,22). The Kier molecular flexibility index (Phi) is 5.36. The second-order valence-corrected chi connectivity index (χ2v) is 8.25. The zero-order valence-corrected chi connectivity index (χ0v) is 15.2. The van der Waals surface area contributed by atoms with E-state index in [4.69, 9.17) is 0 Å². The summed E-state index contributed by atoms with van der Waals surface area (Å²) in [6, 6.07) is 10.6. The lowest BCUT2D eigenvalue weighted by Crippen LogP contribution is -2.14. The van der Waals surface area contributed by atoms with Gasteiger partial charge in [0, 0.05) is 24.2 Å². The number of hydrogen-bond acceptors (Lipinski definition) is 5. The van der Waals surface area contributed by atoms with E-state index in [1.807, 2.05) is 6.08 Å². The number of hydrogen-bond donors (Lipinski definition) is 1. The Morgan fingerprint density at radius 1 is 1.07 bits per heavy atom. The van der Waals surface area contributed by atoms with Crippen LogP contribution in [0.25, 0.3) is 0 Å². The molecule has 1 atom stereocenters. The third-order valence-corrected chi connectivity index (χ3v) is 6.15. The Labute approximate surface area is 156 Å². The minimum absolute atomic E-state index is 0.0297. The minimum Gasteiger partial charge on any atom is -0.326 e. The van der Waals surface area contributed by atoms with Crippen LogP contribution < -0.4 is 5.32 Å². The Bertz CT molecular complexity index is 980. The van der Waals surface area contributed by atoms with E-state index in [0.717, 1.165) is 25.0 Å². The van der Waals surface area contributed by atoms with E-state index in [1.54, 1.807) is 0 Å². The van der Waals surface area contributed by atoms with Crippen LogP contribution in [0.3, 0.4) is 0 Å². The van der Waals surface area contributed by atoms with Crippen molar-refractivity contribution >= 4 is 27.1 Å². The third kappa shape index (κ3) is 4.40. The number of carbonyl (C=O) groups excluding carboxylic acids is 1. The van der Waals surface area contributed by atoms with Crippen LogP contribution in [0, 0.1) is 16.0 Å². The van der Waals surface area contributed by atoms with Gasteiger partial charge in [-0.15, -0.1) is 0 Å². The lowest BCUT2D eigenvalue weighted by molar-refractivity contribution is -0.384. The fourth-order valence-electron chi connectivity index (χ4n) is 2.92. The van der Waals surface area contributed by atoms with Gasteiger partial charge in [-0.2, -0.15) is 0 Å². The first kappa shape index (κ1) is 18.8. The van der Waals surface area contributed by atoms with Crippen LogP contribution in [0.1, 0.15) is 19.3 Å². The molecule has 1 amide bonds. The van der Waals surface area contributed by atoms with Crippen molar-refractivity contribution in [3.8, 4) is 0 Å².